The molecule has 16 heterocycles. The van der Waals surface area contributed by atoms with E-state index in [1.165, 1.54) is 45.8 Å². The quantitative estimate of drug-likeness (QED) is 0.0516. The Morgan fingerprint density at radius 3 is 0.940 bits per heavy atom. The molecule has 3 aromatic carbocycles. The number of pyridine rings is 4. The molecule has 15 aromatic rings. The van der Waals surface area contributed by atoms with Gasteiger partial charge in [0, 0.05) is 139 Å². The molecular weight excluding hydrogens is 1770 g/mol. The topological polar surface area (TPSA) is 494 Å². The smallest absolute Gasteiger partial charge is 0.167 e. The van der Waals surface area contributed by atoms with Crippen molar-refractivity contribution < 1.29 is 52.8 Å². The van der Waals surface area contributed by atoms with E-state index in [4.69, 9.17) is 49.3 Å². The van der Waals surface area contributed by atoms with Gasteiger partial charge in [0.05, 0.1) is 87.9 Å². The van der Waals surface area contributed by atoms with Crippen LogP contribution in [0.1, 0.15) is 86.8 Å². The minimum atomic E-state index is -3.10. The van der Waals surface area contributed by atoms with E-state index in [-0.39, 0.29) is 167 Å². The van der Waals surface area contributed by atoms with Gasteiger partial charge < -0.3 is 42.5 Å². The highest BCUT2D eigenvalue weighted by Gasteiger charge is 2.35. The highest BCUT2D eigenvalue weighted by atomic mass is 32.2. The summed E-state index contributed by atoms with van der Waals surface area (Å²) >= 11 is 0. The van der Waals surface area contributed by atoms with Crippen molar-refractivity contribution in [1.82, 2.24) is 78.3 Å². The van der Waals surface area contributed by atoms with Gasteiger partial charge >= 0.3 is 0 Å². The predicted molar refractivity (Wildman–Crippen MR) is 512 cm³/mol. The van der Waals surface area contributed by atoms with E-state index in [9.17, 15) is 52.8 Å². The van der Waals surface area contributed by atoms with Crippen LogP contribution >= 0.6 is 0 Å². The Hall–Kier alpha value is -15.3. The number of nitrogens with zero attached hydrogens (tertiary/aromatic N) is 20. The second-order valence-corrected chi connectivity index (χ2v) is 41.5. The molecule has 5 aliphatic rings. The molecule has 0 radical (unpaired) electrons. The van der Waals surface area contributed by atoms with E-state index in [1.54, 1.807) is 65.6 Å². The van der Waals surface area contributed by atoms with Crippen LogP contribution < -0.4 is 42.5 Å². The fourth-order valence-corrected chi connectivity index (χ4v) is 21.1. The van der Waals surface area contributed by atoms with Crippen molar-refractivity contribution in [3.05, 3.63) is 235 Å². The molecule has 8 N–H and O–H groups in total. The molecule has 0 amide bonds. The lowest BCUT2D eigenvalue weighted by Gasteiger charge is -2.29. The van der Waals surface area contributed by atoms with E-state index < -0.39 is 39.3 Å². The number of carbonyl (C=O) groups excluding carboxylic acids is 4. The third-order valence-electron chi connectivity index (χ3n) is 23.5. The molecule has 4 fully saturated rings. The number of nitrogen functional groups attached to an aromatic ring is 4. The molecule has 4 aliphatic heterocycles. The number of carbonyl (C=O) groups is 4. The molecule has 0 spiro atoms. The van der Waals surface area contributed by atoms with E-state index in [1.807, 2.05) is 131 Å². The molecule has 0 atom stereocenters. The first kappa shape index (κ1) is 89.6. The third-order valence-corrected chi connectivity index (χ3v) is 30.0. The van der Waals surface area contributed by atoms with Gasteiger partial charge in [0.1, 0.15) is 68.8 Å². The summed E-state index contributed by atoms with van der Waals surface area (Å²) in [4.78, 5) is 93.8. The number of terminal acetylenes is 1. The summed E-state index contributed by atoms with van der Waals surface area (Å²) in [5.74, 6) is 3.91. The van der Waals surface area contributed by atoms with Crippen LogP contribution in [0.15, 0.2) is 201 Å². The summed E-state index contributed by atoms with van der Waals surface area (Å²) in [5, 5.41) is 17.5. The Morgan fingerprint density at radius 1 is 0.338 bits per heavy atom. The number of sulfone groups is 4. The lowest BCUT2D eigenvalue weighted by molar-refractivity contribution is 0.100. The first-order valence-electron chi connectivity index (χ1n) is 42.2. The van der Waals surface area contributed by atoms with Crippen LogP contribution in [0.5, 0.6) is 0 Å². The van der Waals surface area contributed by atoms with Crippen LogP contribution in [0.2, 0.25) is 0 Å². The van der Waals surface area contributed by atoms with E-state index in [2.05, 4.69) is 70.5 Å². The van der Waals surface area contributed by atoms with Crippen molar-refractivity contribution in [3.8, 4) is 90.5 Å². The SMILES string of the molecule is C#Cc1ccc(-c2ccc(-c3cnn4c(N)c(C(C)=O)c(N5CCS(=O)(=O)CC5)nc34)cn2)cc1.CC(=O)c1c(N2CCS(=O)(=O)CC2)nc2c(-c3ccc(-c4ccccc4)cc3)cnn2c1N.CC(=O)c1c(N2CCS(=O)(=O)CC2)nc2c(-c3ccc(-c4cccnc4)nc3)cnn2c1N.CC(=O)c1c(N2CCS(=O)(=O)CC2)nc2c(-c3ccc(C4=CCC=C4)nc3)cnn2c1N. The minimum absolute atomic E-state index is 0.00293. The summed E-state index contributed by atoms with van der Waals surface area (Å²) in [6.07, 6.45) is 27.9. The highest BCUT2D eigenvalue weighted by molar-refractivity contribution is 7.92. The highest BCUT2D eigenvalue weighted by Crippen LogP contribution is 2.39. The summed E-state index contributed by atoms with van der Waals surface area (Å²) in [7, 11) is -12.4. The average Bonchev–Trinajstić information content (AvgIpc) is 1.65. The van der Waals surface area contributed by atoms with Gasteiger partial charge in [-0.1, -0.05) is 109 Å². The zero-order valence-corrected chi connectivity index (χ0v) is 75.7. The Labute approximate surface area is 763 Å². The van der Waals surface area contributed by atoms with E-state index in [0.717, 1.165) is 90.3 Å². The van der Waals surface area contributed by atoms with Crippen molar-refractivity contribution in [1.29, 1.82) is 0 Å². The van der Waals surface area contributed by atoms with Crippen LogP contribution in [0.25, 0.3) is 106 Å². The van der Waals surface area contributed by atoms with Crippen molar-refractivity contribution >= 4 is 137 Å². The van der Waals surface area contributed by atoms with Crippen LogP contribution in [0.4, 0.5) is 46.5 Å². The first-order valence-corrected chi connectivity index (χ1v) is 49.5. The summed E-state index contributed by atoms with van der Waals surface area (Å²) in [6, 6.07) is 41.0. The Bertz CT molecular complexity index is 7480. The molecule has 1 aliphatic carbocycles. The number of fused-ring (bicyclic) bond motifs is 4. The molecule has 0 bridgehead atoms. The lowest BCUT2D eigenvalue weighted by atomic mass is 10.0. The number of ketones is 4. The number of rotatable bonds is 16. The number of anilines is 8. The zero-order valence-electron chi connectivity index (χ0n) is 72.4. The second-order valence-electron chi connectivity index (χ2n) is 32.2. The fraction of sp³-hybridized carbons (Fsp3) is 0.226. The van der Waals surface area contributed by atoms with Gasteiger partial charge in [0.25, 0.3) is 0 Å². The largest absolute Gasteiger partial charge is 0.383 e. The summed E-state index contributed by atoms with van der Waals surface area (Å²) in [5.41, 5.74) is 42.9. The maximum absolute atomic E-state index is 12.5. The van der Waals surface area contributed by atoms with Crippen molar-refractivity contribution in [3.63, 3.8) is 0 Å². The molecule has 676 valence electrons. The number of hydrogen-bond acceptors (Lipinski definition) is 32. The number of Topliss-reactive ketones (excluding diaryl/α,β-unsaturated/α-hetero) is 4. The molecule has 0 unspecified atom stereocenters. The van der Waals surface area contributed by atoms with Gasteiger partial charge in [0.2, 0.25) is 0 Å². The van der Waals surface area contributed by atoms with Crippen molar-refractivity contribution in [2.45, 2.75) is 34.1 Å². The number of allylic oxidation sites excluding steroid dienone is 4. The molecule has 40 heteroatoms. The molecule has 4 saturated heterocycles. The molecule has 36 nitrogen and oxygen atoms in total. The van der Waals surface area contributed by atoms with Crippen LogP contribution in [-0.2, 0) is 39.3 Å². The number of nitrogens with two attached hydrogens (primary N) is 4. The van der Waals surface area contributed by atoms with Crippen molar-refractivity contribution in [2.75, 3.05) is 141 Å². The maximum atomic E-state index is 12.5. The van der Waals surface area contributed by atoms with E-state index >= 15 is 0 Å². The Kier molecular flexibility index (Phi) is 24.6. The number of aromatic nitrogens is 16. The summed E-state index contributed by atoms with van der Waals surface area (Å²) in [6.45, 7) is 7.68. The molecule has 12 aromatic heterocycles. The van der Waals surface area contributed by atoms with E-state index in [0.29, 0.717) is 57.0 Å². The number of hydrogen-bond donors (Lipinski definition) is 4. The molecule has 0 saturated carbocycles. The summed E-state index contributed by atoms with van der Waals surface area (Å²) < 4.78 is 101. The maximum Gasteiger partial charge on any atom is 0.167 e. The zero-order chi connectivity index (χ0) is 93.5. The molecule has 133 heavy (non-hydrogen) atoms. The predicted octanol–water partition coefficient (Wildman–Crippen LogP) is 9.57. The normalized spacial score (nSPS) is 16.0. The van der Waals surface area contributed by atoms with Crippen molar-refractivity contribution in [2.24, 2.45) is 0 Å². The van der Waals surface area contributed by atoms with Crippen LogP contribution in [0.3, 0.4) is 0 Å². The Morgan fingerprint density at radius 2 is 0.639 bits per heavy atom. The second kappa shape index (κ2) is 36.5. The molecule has 20 rings (SSSR count). The van der Waals surface area contributed by atoms with Gasteiger partial charge in [-0.3, -0.25) is 39.1 Å². The van der Waals surface area contributed by atoms with Gasteiger partial charge in [0.15, 0.2) is 85.1 Å². The molecular formula is C93H88N24O12S4. The van der Waals surface area contributed by atoms with Gasteiger partial charge in [-0.25, -0.2) is 53.6 Å². The average molecular weight is 1860 g/mol. The lowest BCUT2D eigenvalue weighted by Crippen LogP contribution is -2.41. The number of benzene rings is 3. The van der Waals surface area contributed by atoms with Gasteiger partial charge in [-0.2, -0.15) is 38.5 Å². The third kappa shape index (κ3) is 18.5. The van der Waals surface area contributed by atoms with Crippen LogP contribution in [0, 0.1) is 12.3 Å². The van der Waals surface area contributed by atoms with Gasteiger partial charge in [-0.05, 0) is 98.8 Å². The monoisotopic (exact) mass is 1860 g/mol. The fourth-order valence-electron chi connectivity index (χ4n) is 16.3. The Balaban J connectivity index is 0.000000124. The first-order chi connectivity index (χ1) is 63.8. The standard InChI is InChI=1S/C25H22N6O3S.C24H23N5O3S.C22H21N7O3S.C22H22N6O3S/c1-3-17-4-6-18(7-5-17)21-9-8-19(14-27-21)20-15-28-31-23(26)22(16(2)32)25(29-24(20)31)30-10-12-35(33,34)13-11-30;1-16(30)21-22(25)29-23(27-24(21)28-11-13-33(31,32)14-12-28)20(15-26-29)19-9-7-18(8-10-19)17-5-3-2-4-6-17;1-14(30)19-20(23)29-21(27-22(19)28-7-9-33(31,32)10-8-28)17(13-26-29)15-4-5-18(25-12-15)16-3-2-6-24-11-16;1-14(29)19-20(23)28-21(26-22(19)27-8-10-32(30,31)11-9-27)17(13-25-28)16-6-7-18(24-12-16)15-4-2-3-5-15/h1,4-9,14-15H,10-13,26H2,2H3;2-10,15H,11-14,25H2,1H3;2-6,11-13H,7-10,23H2,1H3;2,4-7,12-13H,3,8-11,23H2,1H3. The minimum Gasteiger partial charge on any atom is -0.383 e. The van der Waals surface area contributed by atoms with Crippen LogP contribution in [-0.4, -0.2) is 234 Å². The van der Waals surface area contributed by atoms with Gasteiger partial charge in [-0.15, -0.1) is 6.42 Å².